The van der Waals surface area contributed by atoms with E-state index in [-0.39, 0.29) is 5.69 Å². The van der Waals surface area contributed by atoms with Gasteiger partial charge in [0.15, 0.2) is 10.9 Å². The van der Waals surface area contributed by atoms with E-state index in [1.54, 1.807) is 17.9 Å². The van der Waals surface area contributed by atoms with Gasteiger partial charge in [-0.25, -0.2) is 14.8 Å². The molecule has 0 bridgehead atoms. The van der Waals surface area contributed by atoms with E-state index in [0.29, 0.717) is 5.16 Å². The van der Waals surface area contributed by atoms with Crippen molar-refractivity contribution in [1.29, 1.82) is 0 Å². The van der Waals surface area contributed by atoms with Crippen LogP contribution in [0, 0.1) is 0 Å². The third-order valence-corrected chi connectivity index (χ3v) is 2.57. The van der Waals surface area contributed by atoms with Crippen molar-refractivity contribution < 1.29 is 9.90 Å². The zero-order valence-corrected chi connectivity index (χ0v) is 9.18. The van der Waals surface area contributed by atoms with E-state index in [1.165, 1.54) is 24.0 Å². The van der Waals surface area contributed by atoms with Gasteiger partial charge >= 0.3 is 5.97 Å². The zero-order chi connectivity index (χ0) is 11.5. The molecule has 2 aromatic rings. The predicted molar refractivity (Wildman–Crippen MR) is 56.3 cm³/mol. The first-order valence-electron chi connectivity index (χ1n) is 4.38. The molecule has 2 rings (SSSR count). The van der Waals surface area contributed by atoms with Crippen LogP contribution < -0.4 is 0 Å². The summed E-state index contributed by atoms with van der Waals surface area (Å²) in [5.41, 5.74) is -0.0126. The van der Waals surface area contributed by atoms with Gasteiger partial charge in [0, 0.05) is 19.4 Å². The molecule has 6 nitrogen and oxygen atoms in total. The average Bonchev–Trinajstić information content (AvgIpc) is 2.64. The maximum Gasteiger partial charge on any atom is 0.354 e. The SMILES string of the molecule is Cn1cc(Sc2nccc(C(=O)O)n2)cn1. The molecule has 16 heavy (non-hydrogen) atoms. The summed E-state index contributed by atoms with van der Waals surface area (Å²) < 4.78 is 1.66. The lowest BCUT2D eigenvalue weighted by atomic mass is 10.4. The van der Waals surface area contributed by atoms with E-state index in [0.717, 1.165) is 4.90 Å². The van der Waals surface area contributed by atoms with Crippen LogP contribution in [0.2, 0.25) is 0 Å². The highest BCUT2D eigenvalue weighted by Crippen LogP contribution is 2.23. The molecule has 0 radical (unpaired) electrons. The van der Waals surface area contributed by atoms with E-state index in [2.05, 4.69) is 15.1 Å². The van der Waals surface area contributed by atoms with Crippen molar-refractivity contribution >= 4 is 17.7 Å². The summed E-state index contributed by atoms with van der Waals surface area (Å²) in [4.78, 5) is 19.4. The Bertz CT molecular complexity index is 526. The van der Waals surface area contributed by atoms with E-state index in [1.807, 2.05) is 6.20 Å². The summed E-state index contributed by atoms with van der Waals surface area (Å²) in [5.74, 6) is -1.06. The Morgan fingerprint density at radius 1 is 1.56 bits per heavy atom. The van der Waals surface area contributed by atoms with Crippen LogP contribution in [0.4, 0.5) is 0 Å². The third-order valence-electron chi connectivity index (χ3n) is 1.74. The van der Waals surface area contributed by atoms with Crippen molar-refractivity contribution in [3.8, 4) is 0 Å². The predicted octanol–water partition coefficient (Wildman–Crippen LogP) is 1.06. The quantitative estimate of drug-likeness (QED) is 0.802. The van der Waals surface area contributed by atoms with Crippen molar-refractivity contribution in [1.82, 2.24) is 19.7 Å². The molecule has 2 aromatic heterocycles. The Balaban J connectivity index is 2.21. The summed E-state index contributed by atoms with van der Waals surface area (Å²) in [6.07, 6.45) is 4.90. The first kappa shape index (κ1) is 10.6. The Kier molecular flexibility index (Phi) is 2.86. The molecule has 0 atom stereocenters. The standard InChI is InChI=1S/C9H8N4O2S/c1-13-5-6(4-11-13)16-9-10-3-2-7(12-9)8(14)15/h2-5H,1H3,(H,14,15). The summed E-state index contributed by atoms with van der Waals surface area (Å²) in [6.45, 7) is 0. The molecule has 0 aliphatic carbocycles. The first-order chi connectivity index (χ1) is 7.65. The van der Waals surface area contributed by atoms with Crippen LogP contribution in [0.1, 0.15) is 10.5 Å². The molecule has 7 heteroatoms. The number of aromatic nitrogens is 4. The molecule has 82 valence electrons. The minimum atomic E-state index is -1.06. The zero-order valence-electron chi connectivity index (χ0n) is 8.36. The van der Waals surface area contributed by atoms with E-state index >= 15 is 0 Å². The number of carbonyl (C=O) groups is 1. The van der Waals surface area contributed by atoms with Crippen LogP contribution in [0.5, 0.6) is 0 Å². The highest BCUT2D eigenvalue weighted by atomic mass is 32.2. The maximum atomic E-state index is 10.7. The van der Waals surface area contributed by atoms with Crippen molar-refractivity contribution in [2.75, 3.05) is 0 Å². The molecule has 0 aliphatic heterocycles. The molecule has 0 unspecified atom stereocenters. The van der Waals surface area contributed by atoms with Gasteiger partial charge in [0.05, 0.1) is 11.1 Å². The number of aromatic carboxylic acids is 1. The summed E-state index contributed by atoms with van der Waals surface area (Å²) in [7, 11) is 1.80. The Morgan fingerprint density at radius 2 is 2.38 bits per heavy atom. The Labute approximate surface area is 95.3 Å². The molecular formula is C9H8N4O2S. The van der Waals surface area contributed by atoms with Crippen molar-refractivity contribution in [2.24, 2.45) is 7.05 Å². The second kappa shape index (κ2) is 4.31. The lowest BCUT2D eigenvalue weighted by molar-refractivity contribution is 0.0689. The van der Waals surface area contributed by atoms with Crippen LogP contribution in [-0.2, 0) is 7.05 Å². The normalized spacial score (nSPS) is 10.3. The van der Waals surface area contributed by atoms with Gasteiger partial charge in [-0.1, -0.05) is 0 Å². The number of nitrogens with zero attached hydrogens (tertiary/aromatic N) is 4. The number of aryl methyl sites for hydroxylation is 1. The second-order valence-electron chi connectivity index (χ2n) is 2.98. The minimum absolute atomic E-state index is 0.0126. The van der Waals surface area contributed by atoms with E-state index in [9.17, 15) is 4.79 Å². The lowest BCUT2D eigenvalue weighted by Gasteiger charge is -1.97. The first-order valence-corrected chi connectivity index (χ1v) is 5.19. The average molecular weight is 236 g/mol. The van der Waals surface area contributed by atoms with Crippen molar-refractivity contribution in [3.05, 3.63) is 30.4 Å². The van der Waals surface area contributed by atoms with Crippen molar-refractivity contribution in [3.63, 3.8) is 0 Å². The Hall–Kier alpha value is -1.89. The second-order valence-corrected chi connectivity index (χ2v) is 4.02. The summed E-state index contributed by atoms with van der Waals surface area (Å²) in [6, 6.07) is 1.36. The number of hydrogen-bond donors (Lipinski definition) is 1. The van der Waals surface area contributed by atoms with Crippen LogP contribution >= 0.6 is 11.8 Å². The summed E-state index contributed by atoms with van der Waals surface area (Å²) >= 11 is 1.27. The molecule has 0 amide bonds. The fourth-order valence-corrected chi connectivity index (χ4v) is 1.84. The van der Waals surface area contributed by atoms with Crippen LogP contribution in [0.25, 0.3) is 0 Å². The monoisotopic (exact) mass is 236 g/mol. The maximum absolute atomic E-state index is 10.7. The summed E-state index contributed by atoms with van der Waals surface area (Å²) in [5, 5.41) is 13.2. The van der Waals surface area contributed by atoms with Crippen LogP contribution in [-0.4, -0.2) is 30.8 Å². The van der Waals surface area contributed by atoms with Gasteiger partial charge in [-0.3, -0.25) is 4.68 Å². The van der Waals surface area contributed by atoms with Gasteiger partial charge in [-0.2, -0.15) is 5.10 Å². The molecule has 0 saturated heterocycles. The van der Waals surface area contributed by atoms with Crippen LogP contribution in [0.3, 0.4) is 0 Å². The molecule has 0 fully saturated rings. The van der Waals surface area contributed by atoms with Crippen LogP contribution in [0.15, 0.2) is 34.7 Å². The largest absolute Gasteiger partial charge is 0.477 e. The highest BCUT2D eigenvalue weighted by Gasteiger charge is 2.08. The minimum Gasteiger partial charge on any atom is -0.477 e. The van der Waals surface area contributed by atoms with E-state index < -0.39 is 5.97 Å². The van der Waals surface area contributed by atoms with Gasteiger partial charge in [-0.15, -0.1) is 0 Å². The molecule has 0 saturated carbocycles. The van der Waals surface area contributed by atoms with Gasteiger partial charge in [0.25, 0.3) is 0 Å². The smallest absolute Gasteiger partial charge is 0.354 e. The highest BCUT2D eigenvalue weighted by molar-refractivity contribution is 7.99. The lowest BCUT2D eigenvalue weighted by Crippen LogP contribution is -2.01. The molecule has 0 aromatic carbocycles. The number of hydrogen-bond acceptors (Lipinski definition) is 5. The number of carboxylic acids is 1. The van der Waals surface area contributed by atoms with Gasteiger partial charge in [-0.05, 0) is 17.8 Å². The fraction of sp³-hybridized carbons (Fsp3) is 0.111. The number of rotatable bonds is 3. The molecule has 0 spiro atoms. The fourth-order valence-electron chi connectivity index (χ4n) is 1.07. The van der Waals surface area contributed by atoms with Gasteiger partial charge in [0.1, 0.15) is 0 Å². The van der Waals surface area contributed by atoms with Gasteiger partial charge in [0.2, 0.25) is 0 Å². The molecular weight excluding hydrogens is 228 g/mol. The van der Waals surface area contributed by atoms with E-state index in [4.69, 9.17) is 5.11 Å². The van der Waals surface area contributed by atoms with Crippen molar-refractivity contribution in [2.45, 2.75) is 10.1 Å². The molecule has 1 N–H and O–H groups in total. The topological polar surface area (TPSA) is 80.9 Å². The van der Waals surface area contributed by atoms with Gasteiger partial charge < -0.3 is 5.11 Å². The Morgan fingerprint density at radius 3 is 3.00 bits per heavy atom. The number of carboxylic acid groups (broad SMARTS) is 1. The molecule has 2 heterocycles. The third kappa shape index (κ3) is 2.37. The molecule has 0 aliphatic rings.